The predicted molar refractivity (Wildman–Crippen MR) is 65.5 cm³/mol. The van der Waals surface area contributed by atoms with E-state index in [2.05, 4.69) is 47.4 Å². The van der Waals surface area contributed by atoms with Gasteiger partial charge in [0.25, 0.3) is 0 Å². The van der Waals surface area contributed by atoms with E-state index < -0.39 is 0 Å². The Labute approximate surface area is 93.2 Å². The molecule has 0 bridgehead atoms. The molecule has 1 atom stereocenters. The summed E-state index contributed by atoms with van der Waals surface area (Å²) in [4.78, 5) is 0. The van der Waals surface area contributed by atoms with E-state index in [1.54, 1.807) is 0 Å². The zero-order valence-electron chi connectivity index (χ0n) is 7.76. The summed E-state index contributed by atoms with van der Waals surface area (Å²) in [5.41, 5.74) is 8.32. The molecule has 0 radical (unpaired) electrons. The summed E-state index contributed by atoms with van der Waals surface area (Å²) in [7, 11) is 0. The van der Waals surface area contributed by atoms with Gasteiger partial charge in [-0.3, -0.25) is 0 Å². The van der Waals surface area contributed by atoms with Gasteiger partial charge < -0.3 is 5.73 Å². The molecule has 1 aromatic rings. The van der Waals surface area contributed by atoms with Crippen LogP contribution in [0.4, 0.5) is 0 Å². The molecule has 0 aromatic heterocycles. The number of hydrogen-bond donors (Lipinski definition) is 1. The second kappa shape index (κ2) is 4.77. The maximum Gasteiger partial charge on any atom is 0.0332 e. The quantitative estimate of drug-likeness (QED) is 0.670. The zero-order chi connectivity index (χ0) is 9.84. The van der Waals surface area contributed by atoms with Crippen molar-refractivity contribution in [2.24, 2.45) is 5.73 Å². The Morgan fingerprint density at radius 3 is 2.85 bits per heavy atom. The average molecular weight is 287 g/mol. The molecule has 0 unspecified atom stereocenters. The molecule has 0 spiro atoms. The largest absolute Gasteiger partial charge is 0.324 e. The Bertz CT molecular complexity index is 307. The van der Waals surface area contributed by atoms with E-state index in [1.165, 1.54) is 9.13 Å². The van der Waals surface area contributed by atoms with Crippen LogP contribution >= 0.6 is 22.6 Å². The van der Waals surface area contributed by atoms with Crippen molar-refractivity contribution < 1.29 is 0 Å². The standard InChI is InChI=1S/C11H14IN/c1-8(2)6-11(13)9-4-3-5-10(12)7-9/h3-5,7,11H,1,6,13H2,2H3/t11-/m1/s1. The number of nitrogens with two attached hydrogens (primary N) is 1. The monoisotopic (exact) mass is 287 g/mol. The summed E-state index contributed by atoms with van der Waals surface area (Å²) in [6.07, 6.45) is 0.861. The summed E-state index contributed by atoms with van der Waals surface area (Å²) in [6, 6.07) is 8.38. The van der Waals surface area contributed by atoms with E-state index >= 15 is 0 Å². The predicted octanol–water partition coefficient (Wildman–Crippen LogP) is 3.26. The van der Waals surface area contributed by atoms with Gasteiger partial charge in [0.2, 0.25) is 0 Å². The average Bonchev–Trinajstić information content (AvgIpc) is 2.03. The number of benzene rings is 1. The molecular formula is C11H14IN. The fourth-order valence-corrected chi connectivity index (χ4v) is 1.80. The highest BCUT2D eigenvalue weighted by Crippen LogP contribution is 2.19. The van der Waals surface area contributed by atoms with Gasteiger partial charge in [-0.25, -0.2) is 0 Å². The fraction of sp³-hybridized carbons (Fsp3) is 0.273. The van der Waals surface area contributed by atoms with Gasteiger partial charge in [0.05, 0.1) is 0 Å². The number of hydrogen-bond acceptors (Lipinski definition) is 1. The Morgan fingerprint density at radius 1 is 1.62 bits per heavy atom. The third kappa shape index (κ3) is 3.48. The lowest BCUT2D eigenvalue weighted by Gasteiger charge is -2.11. The second-order valence-electron chi connectivity index (χ2n) is 3.32. The van der Waals surface area contributed by atoms with E-state index in [0.717, 1.165) is 12.0 Å². The number of rotatable bonds is 3. The van der Waals surface area contributed by atoms with Crippen LogP contribution in [-0.4, -0.2) is 0 Å². The minimum absolute atomic E-state index is 0.0900. The van der Waals surface area contributed by atoms with Crippen LogP contribution in [0.2, 0.25) is 0 Å². The molecule has 2 heteroatoms. The first-order valence-electron chi connectivity index (χ1n) is 4.25. The SMILES string of the molecule is C=C(C)C[C@@H](N)c1cccc(I)c1. The van der Waals surface area contributed by atoms with E-state index in [-0.39, 0.29) is 6.04 Å². The smallest absolute Gasteiger partial charge is 0.0332 e. The highest BCUT2D eigenvalue weighted by molar-refractivity contribution is 14.1. The molecule has 0 aliphatic rings. The molecule has 70 valence electrons. The molecule has 1 aromatic carbocycles. The van der Waals surface area contributed by atoms with Crippen molar-refractivity contribution in [3.05, 3.63) is 45.6 Å². The first-order chi connectivity index (χ1) is 6.09. The van der Waals surface area contributed by atoms with Crippen LogP contribution in [0.3, 0.4) is 0 Å². The molecule has 0 saturated carbocycles. The van der Waals surface area contributed by atoms with Gasteiger partial charge in [0.1, 0.15) is 0 Å². The molecule has 0 aliphatic heterocycles. The van der Waals surface area contributed by atoms with E-state index in [1.807, 2.05) is 13.0 Å². The van der Waals surface area contributed by atoms with Crippen molar-refractivity contribution in [2.75, 3.05) is 0 Å². The van der Waals surface area contributed by atoms with Crippen LogP contribution < -0.4 is 5.73 Å². The minimum Gasteiger partial charge on any atom is -0.324 e. The van der Waals surface area contributed by atoms with Crippen molar-refractivity contribution in [3.63, 3.8) is 0 Å². The molecule has 13 heavy (non-hydrogen) atoms. The molecule has 0 fully saturated rings. The highest BCUT2D eigenvalue weighted by Gasteiger charge is 2.05. The topological polar surface area (TPSA) is 26.0 Å². The molecular weight excluding hydrogens is 273 g/mol. The van der Waals surface area contributed by atoms with Crippen LogP contribution in [0, 0.1) is 3.57 Å². The molecule has 0 saturated heterocycles. The summed E-state index contributed by atoms with van der Waals surface area (Å²) < 4.78 is 1.23. The lowest BCUT2D eigenvalue weighted by molar-refractivity contribution is 0.716. The van der Waals surface area contributed by atoms with Gasteiger partial charge >= 0.3 is 0 Å². The summed E-state index contributed by atoms with van der Waals surface area (Å²) >= 11 is 2.29. The molecule has 0 amide bonds. The maximum absolute atomic E-state index is 6.00. The zero-order valence-corrected chi connectivity index (χ0v) is 9.91. The second-order valence-corrected chi connectivity index (χ2v) is 4.57. The Morgan fingerprint density at radius 2 is 2.31 bits per heavy atom. The van der Waals surface area contributed by atoms with Crippen molar-refractivity contribution in [2.45, 2.75) is 19.4 Å². The van der Waals surface area contributed by atoms with Crippen LogP contribution in [-0.2, 0) is 0 Å². The van der Waals surface area contributed by atoms with Crippen molar-refractivity contribution in [3.8, 4) is 0 Å². The lowest BCUT2D eigenvalue weighted by atomic mass is 10.0. The molecule has 1 nitrogen and oxygen atoms in total. The van der Waals surface area contributed by atoms with E-state index in [4.69, 9.17) is 5.73 Å². The van der Waals surface area contributed by atoms with Gasteiger partial charge in [-0.1, -0.05) is 17.7 Å². The first-order valence-corrected chi connectivity index (χ1v) is 5.33. The van der Waals surface area contributed by atoms with Crippen LogP contribution in [0.5, 0.6) is 0 Å². The molecule has 0 heterocycles. The fourth-order valence-electron chi connectivity index (χ4n) is 1.23. The summed E-state index contributed by atoms with van der Waals surface area (Å²) in [5, 5.41) is 0. The minimum atomic E-state index is 0.0900. The van der Waals surface area contributed by atoms with Crippen LogP contribution in [0.25, 0.3) is 0 Å². The van der Waals surface area contributed by atoms with Gasteiger partial charge in [-0.2, -0.15) is 0 Å². The lowest BCUT2D eigenvalue weighted by Crippen LogP contribution is -2.10. The maximum atomic E-state index is 6.00. The third-order valence-electron chi connectivity index (χ3n) is 1.85. The Balaban J connectivity index is 2.76. The molecule has 0 aliphatic carbocycles. The number of halogens is 1. The van der Waals surface area contributed by atoms with E-state index in [9.17, 15) is 0 Å². The van der Waals surface area contributed by atoms with Gasteiger partial charge in [-0.15, -0.1) is 6.58 Å². The summed E-state index contributed by atoms with van der Waals surface area (Å²) in [6.45, 7) is 5.87. The van der Waals surface area contributed by atoms with Gasteiger partial charge in [0, 0.05) is 9.61 Å². The van der Waals surface area contributed by atoms with Gasteiger partial charge in [-0.05, 0) is 53.6 Å². The van der Waals surface area contributed by atoms with Crippen molar-refractivity contribution in [1.82, 2.24) is 0 Å². The molecule has 1 rings (SSSR count). The first kappa shape index (κ1) is 10.7. The summed E-state index contributed by atoms with van der Waals surface area (Å²) in [5.74, 6) is 0. The Hall–Kier alpha value is -0.350. The van der Waals surface area contributed by atoms with E-state index in [0.29, 0.717) is 0 Å². The molecule has 2 N–H and O–H groups in total. The highest BCUT2D eigenvalue weighted by atomic mass is 127. The van der Waals surface area contributed by atoms with Crippen molar-refractivity contribution in [1.29, 1.82) is 0 Å². The van der Waals surface area contributed by atoms with Crippen LogP contribution in [0.1, 0.15) is 24.9 Å². The van der Waals surface area contributed by atoms with Gasteiger partial charge in [0.15, 0.2) is 0 Å². The van der Waals surface area contributed by atoms with Crippen molar-refractivity contribution >= 4 is 22.6 Å². The Kier molecular flexibility index (Phi) is 3.93. The van der Waals surface area contributed by atoms with Crippen LogP contribution in [0.15, 0.2) is 36.4 Å². The third-order valence-corrected chi connectivity index (χ3v) is 2.52. The normalized spacial score (nSPS) is 12.5.